The van der Waals surface area contributed by atoms with Crippen molar-refractivity contribution in [2.45, 2.75) is 13.0 Å². The highest BCUT2D eigenvalue weighted by molar-refractivity contribution is 5.50. The number of anilines is 1. The average molecular weight is 278 g/mol. The molecular formula is C16H14N4O. The van der Waals surface area contributed by atoms with Crippen molar-refractivity contribution < 1.29 is 4.42 Å². The van der Waals surface area contributed by atoms with Crippen LogP contribution in [-0.4, -0.2) is 21.5 Å². The summed E-state index contributed by atoms with van der Waals surface area (Å²) in [7, 11) is 0. The Morgan fingerprint density at radius 1 is 1.10 bits per heavy atom. The van der Waals surface area contributed by atoms with Crippen LogP contribution < -0.4 is 4.90 Å². The fourth-order valence-electron chi connectivity index (χ4n) is 2.56. The summed E-state index contributed by atoms with van der Waals surface area (Å²) in [5, 5.41) is 0. The van der Waals surface area contributed by atoms with Gasteiger partial charge in [0.05, 0.1) is 24.1 Å². The van der Waals surface area contributed by atoms with Gasteiger partial charge in [-0.25, -0.2) is 4.98 Å². The molecule has 0 amide bonds. The summed E-state index contributed by atoms with van der Waals surface area (Å²) in [4.78, 5) is 15.3. The van der Waals surface area contributed by atoms with Crippen LogP contribution in [0.1, 0.15) is 11.5 Å². The molecule has 0 saturated carbocycles. The summed E-state index contributed by atoms with van der Waals surface area (Å²) < 4.78 is 5.91. The summed E-state index contributed by atoms with van der Waals surface area (Å²) in [6.07, 6.45) is 6.29. The first-order valence-electron chi connectivity index (χ1n) is 6.95. The van der Waals surface area contributed by atoms with Crippen LogP contribution >= 0.6 is 0 Å². The van der Waals surface area contributed by atoms with Crippen molar-refractivity contribution >= 4 is 5.69 Å². The molecule has 0 aromatic carbocycles. The molecule has 3 aromatic rings. The summed E-state index contributed by atoms with van der Waals surface area (Å²) in [6.45, 7) is 1.65. The zero-order valence-electron chi connectivity index (χ0n) is 11.4. The van der Waals surface area contributed by atoms with Crippen LogP contribution in [0.2, 0.25) is 0 Å². The number of aromatic nitrogens is 3. The lowest BCUT2D eigenvalue weighted by Crippen LogP contribution is -2.29. The molecular weight excluding hydrogens is 264 g/mol. The van der Waals surface area contributed by atoms with E-state index >= 15 is 0 Å². The van der Waals surface area contributed by atoms with E-state index in [1.807, 2.05) is 30.5 Å². The van der Waals surface area contributed by atoms with E-state index in [1.54, 1.807) is 12.4 Å². The molecule has 1 aliphatic rings. The van der Waals surface area contributed by atoms with E-state index in [-0.39, 0.29) is 0 Å². The quantitative estimate of drug-likeness (QED) is 0.721. The van der Waals surface area contributed by atoms with E-state index in [0.29, 0.717) is 5.89 Å². The second-order valence-electron chi connectivity index (χ2n) is 4.99. The van der Waals surface area contributed by atoms with Crippen molar-refractivity contribution in [2.24, 2.45) is 0 Å². The summed E-state index contributed by atoms with van der Waals surface area (Å²) in [5.41, 5.74) is 2.93. The average Bonchev–Trinajstić information content (AvgIpc) is 2.99. The monoisotopic (exact) mass is 278 g/mol. The molecule has 104 valence electrons. The smallest absolute Gasteiger partial charge is 0.245 e. The maximum Gasteiger partial charge on any atom is 0.245 e. The van der Waals surface area contributed by atoms with E-state index in [4.69, 9.17) is 4.42 Å². The van der Waals surface area contributed by atoms with Gasteiger partial charge in [0.15, 0.2) is 0 Å². The third kappa shape index (κ3) is 2.27. The minimum atomic E-state index is 0.605. The molecule has 21 heavy (non-hydrogen) atoms. The first-order chi connectivity index (χ1) is 10.4. The van der Waals surface area contributed by atoms with E-state index in [9.17, 15) is 0 Å². The summed E-state index contributed by atoms with van der Waals surface area (Å²) in [5.74, 6) is 1.53. The molecule has 5 nitrogen and oxygen atoms in total. The number of hydrogen-bond acceptors (Lipinski definition) is 5. The number of rotatable bonds is 2. The molecule has 0 spiro atoms. The molecule has 0 unspecified atom stereocenters. The Hall–Kier alpha value is -2.69. The van der Waals surface area contributed by atoms with Crippen molar-refractivity contribution in [3.05, 3.63) is 60.4 Å². The van der Waals surface area contributed by atoms with E-state index in [2.05, 4.69) is 25.9 Å². The molecule has 0 fully saturated rings. The lowest BCUT2D eigenvalue weighted by molar-refractivity contribution is 0.494. The number of oxazole rings is 1. The summed E-state index contributed by atoms with van der Waals surface area (Å²) in [6, 6.07) is 9.75. The van der Waals surface area contributed by atoms with Crippen LogP contribution in [-0.2, 0) is 13.0 Å². The zero-order chi connectivity index (χ0) is 14.1. The Morgan fingerprint density at radius 3 is 2.90 bits per heavy atom. The molecule has 0 aliphatic carbocycles. The molecule has 0 N–H and O–H groups in total. The van der Waals surface area contributed by atoms with Gasteiger partial charge in [-0.3, -0.25) is 9.97 Å². The van der Waals surface area contributed by atoms with Gasteiger partial charge in [0.25, 0.3) is 0 Å². The number of hydrogen-bond donors (Lipinski definition) is 0. The Balaban J connectivity index is 1.63. The Morgan fingerprint density at radius 2 is 2.10 bits per heavy atom. The maximum atomic E-state index is 5.91. The van der Waals surface area contributed by atoms with Crippen molar-refractivity contribution in [3.63, 3.8) is 0 Å². The van der Waals surface area contributed by atoms with Gasteiger partial charge < -0.3 is 9.32 Å². The van der Waals surface area contributed by atoms with Gasteiger partial charge in [-0.1, -0.05) is 6.07 Å². The minimum absolute atomic E-state index is 0.605. The third-order valence-corrected chi connectivity index (χ3v) is 3.63. The summed E-state index contributed by atoms with van der Waals surface area (Å²) >= 11 is 0. The van der Waals surface area contributed by atoms with Gasteiger partial charge in [-0.15, -0.1) is 0 Å². The van der Waals surface area contributed by atoms with Gasteiger partial charge in [0.2, 0.25) is 5.89 Å². The Kier molecular flexibility index (Phi) is 2.88. The van der Waals surface area contributed by atoms with Crippen molar-refractivity contribution in [3.8, 4) is 11.6 Å². The number of fused-ring (bicyclic) bond motifs is 1. The minimum Gasteiger partial charge on any atom is -0.438 e. The van der Waals surface area contributed by atoms with Crippen LogP contribution in [0.15, 0.2) is 53.3 Å². The van der Waals surface area contributed by atoms with Crippen LogP contribution in [0.4, 0.5) is 5.69 Å². The van der Waals surface area contributed by atoms with Crippen LogP contribution in [0.5, 0.6) is 0 Å². The topological polar surface area (TPSA) is 55.1 Å². The van der Waals surface area contributed by atoms with Crippen molar-refractivity contribution in [2.75, 3.05) is 11.4 Å². The SMILES string of the molecule is c1ccc(-c2nc3c(o2)CN(c2cccnc2)CC3)nc1. The number of nitrogens with zero attached hydrogens (tertiary/aromatic N) is 4. The Labute approximate surface area is 122 Å². The van der Waals surface area contributed by atoms with E-state index in [1.165, 1.54) is 0 Å². The maximum absolute atomic E-state index is 5.91. The lowest BCUT2D eigenvalue weighted by atomic mass is 10.1. The van der Waals surface area contributed by atoms with E-state index < -0.39 is 0 Å². The van der Waals surface area contributed by atoms with Gasteiger partial charge in [-0.2, -0.15) is 0 Å². The van der Waals surface area contributed by atoms with Crippen LogP contribution in [0.25, 0.3) is 11.6 Å². The Bertz CT molecular complexity index is 739. The van der Waals surface area contributed by atoms with Crippen molar-refractivity contribution in [1.29, 1.82) is 0 Å². The highest BCUT2D eigenvalue weighted by Crippen LogP contribution is 2.27. The van der Waals surface area contributed by atoms with Gasteiger partial charge in [0, 0.05) is 25.4 Å². The number of pyridine rings is 2. The molecule has 5 heteroatoms. The highest BCUT2D eigenvalue weighted by atomic mass is 16.4. The third-order valence-electron chi connectivity index (χ3n) is 3.63. The predicted molar refractivity (Wildman–Crippen MR) is 78.7 cm³/mol. The van der Waals surface area contributed by atoms with Crippen LogP contribution in [0, 0.1) is 0 Å². The lowest BCUT2D eigenvalue weighted by Gasteiger charge is -2.26. The van der Waals surface area contributed by atoms with Crippen molar-refractivity contribution in [1.82, 2.24) is 15.0 Å². The largest absolute Gasteiger partial charge is 0.438 e. The zero-order valence-corrected chi connectivity index (χ0v) is 11.4. The molecule has 4 heterocycles. The van der Waals surface area contributed by atoms with Gasteiger partial charge in [-0.05, 0) is 24.3 Å². The molecule has 0 radical (unpaired) electrons. The second-order valence-corrected chi connectivity index (χ2v) is 4.99. The molecule has 4 rings (SSSR count). The van der Waals surface area contributed by atoms with Crippen LogP contribution in [0.3, 0.4) is 0 Å². The normalized spacial score (nSPS) is 14.0. The molecule has 0 atom stereocenters. The predicted octanol–water partition coefficient (Wildman–Crippen LogP) is 2.69. The molecule has 1 aliphatic heterocycles. The molecule has 0 saturated heterocycles. The van der Waals surface area contributed by atoms with E-state index in [0.717, 1.165) is 42.3 Å². The first kappa shape index (κ1) is 12.1. The van der Waals surface area contributed by atoms with Gasteiger partial charge in [0.1, 0.15) is 11.5 Å². The molecule has 0 bridgehead atoms. The first-order valence-corrected chi connectivity index (χ1v) is 6.95. The highest BCUT2D eigenvalue weighted by Gasteiger charge is 2.23. The molecule has 3 aromatic heterocycles. The fourth-order valence-corrected chi connectivity index (χ4v) is 2.56. The second kappa shape index (κ2) is 5.01. The fraction of sp³-hybridized carbons (Fsp3) is 0.188. The standard InChI is InChI=1S/C16H14N4O/c1-2-8-18-14(5-1)16-19-13-6-9-20(11-15(13)21-16)12-4-3-7-17-10-12/h1-5,7-8,10H,6,9,11H2. The van der Waals surface area contributed by atoms with Gasteiger partial charge >= 0.3 is 0 Å².